The number of ether oxygens (including phenoxy) is 1. The zero-order valence-electron chi connectivity index (χ0n) is 14.5. The van der Waals surface area contributed by atoms with Gasteiger partial charge in [-0.3, -0.25) is 4.18 Å². The molecule has 132 valence electrons. The fourth-order valence-electron chi connectivity index (χ4n) is 3.82. The molecule has 5 heteroatoms. The summed E-state index contributed by atoms with van der Waals surface area (Å²) < 4.78 is 36.0. The van der Waals surface area contributed by atoms with Crippen molar-refractivity contribution in [3.8, 4) is 5.75 Å². The first-order chi connectivity index (χ1) is 11.9. The van der Waals surface area contributed by atoms with Crippen LogP contribution in [-0.4, -0.2) is 21.1 Å². The van der Waals surface area contributed by atoms with Crippen LogP contribution in [0.3, 0.4) is 0 Å². The van der Waals surface area contributed by atoms with Crippen molar-refractivity contribution in [2.75, 3.05) is 6.61 Å². The van der Waals surface area contributed by atoms with Gasteiger partial charge in [0.05, 0.1) is 4.90 Å². The smallest absolute Gasteiger partial charge is 0.297 e. The Morgan fingerprint density at radius 3 is 2.60 bits per heavy atom. The lowest BCUT2D eigenvalue weighted by Crippen LogP contribution is -2.23. The number of benzene rings is 2. The quantitative estimate of drug-likeness (QED) is 0.785. The first kappa shape index (κ1) is 16.6. The van der Waals surface area contributed by atoms with Crippen LogP contribution in [0.4, 0.5) is 0 Å². The molecule has 0 N–H and O–H groups in total. The largest absolute Gasteiger partial charge is 0.487 e. The molecule has 1 aliphatic heterocycles. The van der Waals surface area contributed by atoms with Gasteiger partial charge in [0, 0.05) is 6.42 Å². The highest BCUT2D eigenvalue weighted by Crippen LogP contribution is 2.40. The van der Waals surface area contributed by atoms with Gasteiger partial charge in [0.1, 0.15) is 18.5 Å². The molecule has 2 aromatic rings. The highest BCUT2D eigenvalue weighted by molar-refractivity contribution is 7.86. The average Bonchev–Trinajstić information content (AvgIpc) is 3.20. The van der Waals surface area contributed by atoms with Gasteiger partial charge in [-0.25, -0.2) is 0 Å². The van der Waals surface area contributed by atoms with Gasteiger partial charge in [0.2, 0.25) is 0 Å². The molecule has 2 aromatic carbocycles. The maximum atomic E-state index is 12.3. The van der Waals surface area contributed by atoms with E-state index in [1.165, 1.54) is 28.7 Å². The van der Waals surface area contributed by atoms with E-state index in [1.54, 1.807) is 24.3 Å². The second kappa shape index (κ2) is 6.15. The number of hydrogen-bond acceptors (Lipinski definition) is 4. The van der Waals surface area contributed by atoms with E-state index in [-0.39, 0.29) is 17.6 Å². The SMILES string of the molecule is Cc1ccc(S(=O)(=O)OCC2Cc3cc(C)c4c(c3O2)CCC4)cc1. The van der Waals surface area contributed by atoms with Gasteiger partial charge in [-0.1, -0.05) is 23.8 Å². The van der Waals surface area contributed by atoms with Crippen molar-refractivity contribution in [3.05, 3.63) is 58.1 Å². The third-order valence-corrected chi connectivity index (χ3v) is 6.40. The molecule has 1 heterocycles. The highest BCUT2D eigenvalue weighted by atomic mass is 32.2. The molecule has 0 aromatic heterocycles. The summed E-state index contributed by atoms with van der Waals surface area (Å²) in [5.41, 5.74) is 6.24. The van der Waals surface area contributed by atoms with E-state index in [9.17, 15) is 8.42 Å². The van der Waals surface area contributed by atoms with Crippen molar-refractivity contribution in [2.45, 2.75) is 50.5 Å². The van der Waals surface area contributed by atoms with Crippen LogP contribution in [0.1, 0.15) is 34.2 Å². The molecular formula is C20H22O4S. The van der Waals surface area contributed by atoms with E-state index in [0.29, 0.717) is 6.42 Å². The molecule has 4 nitrogen and oxygen atoms in total. The molecule has 0 amide bonds. The van der Waals surface area contributed by atoms with Crippen LogP contribution in [0.2, 0.25) is 0 Å². The van der Waals surface area contributed by atoms with E-state index in [0.717, 1.165) is 24.2 Å². The highest BCUT2D eigenvalue weighted by Gasteiger charge is 2.31. The van der Waals surface area contributed by atoms with Gasteiger partial charge >= 0.3 is 0 Å². The van der Waals surface area contributed by atoms with Crippen molar-refractivity contribution in [1.29, 1.82) is 0 Å². The topological polar surface area (TPSA) is 52.6 Å². The third kappa shape index (κ3) is 3.07. The summed E-state index contributed by atoms with van der Waals surface area (Å²) in [7, 11) is -3.75. The van der Waals surface area contributed by atoms with Crippen LogP contribution >= 0.6 is 0 Å². The van der Waals surface area contributed by atoms with Crippen molar-refractivity contribution >= 4 is 10.1 Å². The molecule has 4 rings (SSSR count). The van der Waals surface area contributed by atoms with E-state index in [4.69, 9.17) is 8.92 Å². The zero-order chi connectivity index (χ0) is 17.6. The Hall–Kier alpha value is -1.85. The Morgan fingerprint density at radius 2 is 1.84 bits per heavy atom. The standard InChI is InChI=1S/C20H22O4S/c1-13-6-8-17(9-7-13)25(21,22)23-12-16-11-15-10-14(2)18-4-3-5-19(18)20(15)24-16/h6-10,16H,3-5,11-12H2,1-2H3. The van der Waals surface area contributed by atoms with Crippen molar-refractivity contribution in [2.24, 2.45) is 0 Å². The van der Waals surface area contributed by atoms with Crippen molar-refractivity contribution in [3.63, 3.8) is 0 Å². The minimum atomic E-state index is -3.75. The summed E-state index contributed by atoms with van der Waals surface area (Å²) in [6.45, 7) is 4.11. The molecule has 1 unspecified atom stereocenters. The average molecular weight is 358 g/mol. The van der Waals surface area contributed by atoms with Gasteiger partial charge in [-0.05, 0) is 67.5 Å². The fraction of sp³-hybridized carbons (Fsp3) is 0.400. The predicted molar refractivity (Wildman–Crippen MR) is 95.6 cm³/mol. The van der Waals surface area contributed by atoms with Gasteiger partial charge in [0.15, 0.2) is 0 Å². The van der Waals surface area contributed by atoms with Crippen LogP contribution in [0.25, 0.3) is 0 Å². The molecule has 0 saturated carbocycles. The van der Waals surface area contributed by atoms with Crippen molar-refractivity contribution < 1.29 is 17.3 Å². The van der Waals surface area contributed by atoms with E-state index >= 15 is 0 Å². The molecule has 0 bridgehead atoms. The summed E-state index contributed by atoms with van der Waals surface area (Å²) in [6, 6.07) is 8.87. The lowest BCUT2D eigenvalue weighted by Gasteiger charge is -2.13. The number of fused-ring (bicyclic) bond motifs is 3. The lowest BCUT2D eigenvalue weighted by molar-refractivity contribution is 0.151. The number of aryl methyl sites for hydroxylation is 2. The third-order valence-electron chi connectivity index (χ3n) is 5.10. The predicted octanol–water partition coefficient (Wildman–Crippen LogP) is 3.50. The van der Waals surface area contributed by atoms with Gasteiger partial charge in [-0.2, -0.15) is 8.42 Å². The van der Waals surface area contributed by atoms with Crippen molar-refractivity contribution in [1.82, 2.24) is 0 Å². The van der Waals surface area contributed by atoms with Crippen LogP contribution in [-0.2, 0) is 33.6 Å². The zero-order valence-corrected chi connectivity index (χ0v) is 15.4. The maximum absolute atomic E-state index is 12.3. The minimum Gasteiger partial charge on any atom is -0.487 e. The summed E-state index contributed by atoms with van der Waals surface area (Å²) in [4.78, 5) is 0.186. The van der Waals surface area contributed by atoms with E-state index in [2.05, 4.69) is 13.0 Å². The summed E-state index contributed by atoms with van der Waals surface area (Å²) in [5.74, 6) is 0.972. The molecule has 1 atom stereocenters. The molecule has 0 fully saturated rings. The monoisotopic (exact) mass is 358 g/mol. The van der Waals surface area contributed by atoms with E-state index < -0.39 is 10.1 Å². The molecule has 0 radical (unpaired) electrons. The second-order valence-corrected chi connectivity index (χ2v) is 8.60. The Morgan fingerprint density at radius 1 is 1.12 bits per heavy atom. The van der Waals surface area contributed by atoms with Crippen LogP contribution in [0.15, 0.2) is 35.2 Å². The molecular weight excluding hydrogens is 336 g/mol. The number of hydrogen-bond donors (Lipinski definition) is 0. The first-order valence-corrected chi connectivity index (χ1v) is 10.1. The summed E-state index contributed by atoms with van der Waals surface area (Å²) >= 11 is 0. The van der Waals surface area contributed by atoms with E-state index in [1.807, 2.05) is 6.92 Å². The van der Waals surface area contributed by atoms with Crippen LogP contribution in [0.5, 0.6) is 5.75 Å². The maximum Gasteiger partial charge on any atom is 0.297 e. The first-order valence-electron chi connectivity index (χ1n) is 8.71. The van der Waals surface area contributed by atoms with Gasteiger partial charge < -0.3 is 4.74 Å². The Bertz CT molecular complexity index is 914. The van der Waals surface area contributed by atoms with Gasteiger partial charge in [-0.15, -0.1) is 0 Å². The lowest BCUT2D eigenvalue weighted by atomic mass is 9.98. The molecule has 0 spiro atoms. The molecule has 25 heavy (non-hydrogen) atoms. The minimum absolute atomic E-state index is 0.0404. The van der Waals surface area contributed by atoms with Gasteiger partial charge in [0.25, 0.3) is 10.1 Å². The fourth-order valence-corrected chi connectivity index (χ4v) is 4.76. The van der Waals surface area contributed by atoms with Crippen LogP contribution in [0, 0.1) is 13.8 Å². The Kier molecular flexibility index (Phi) is 4.08. The molecule has 0 saturated heterocycles. The Balaban J connectivity index is 1.47. The summed E-state index contributed by atoms with van der Waals surface area (Å²) in [6.07, 6.45) is 3.78. The normalized spacial score (nSPS) is 18.7. The number of rotatable bonds is 4. The molecule has 1 aliphatic carbocycles. The Labute approximate surface area is 148 Å². The molecule has 2 aliphatic rings. The second-order valence-electron chi connectivity index (χ2n) is 6.99. The summed E-state index contributed by atoms with van der Waals surface area (Å²) in [5, 5.41) is 0. The van der Waals surface area contributed by atoms with Crippen LogP contribution < -0.4 is 4.74 Å².